The average Bonchev–Trinajstić information content (AvgIpc) is 2.29. The van der Waals surface area contributed by atoms with Gasteiger partial charge in [0.25, 0.3) is 0 Å². The van der Waals surface area contributed by atoms with E-state index >= 15 is 0 Å². The maximum atomic E-state index is 10.8. The maximum absolute atomic E-state index is 10.8. The van der Waals surface area contributed by atoms with E-state index in [2.05, 4.69) is 0 Å². The first-order valence-corrected chi connectivity index (χ1v) is 4.97. The van der Waals surface area contributed by atoms with Crippen molar-refractivity contribution in [2.24, 2.45) is 0 Å². The predicted octanol–water partition coefficient (Wildman–Crippen LogP) is 0.574. The van der Waals surface area contributed by atoms with E-state index in [0.29, 0.717) is 12.4 Å². The van der Waals surface area contributed by atoms with E-state index in [-0.39, 0.29) is 18.2 Å². The second-order valence-corrected chi connectivity index (χ2v) is 3.75. The average molecular weight is 223 g/mol. The molecule has 0 aromatic heterocycles. The van der Waals surface area contributed by atoms with Gasteiger partial charge < -0.3 is 19.8 Å². The van der Waals surface area contributed by atoms with E-state index in [0.717, 1.165) is 5.69 Å². The van der Waals surface area contributed by atoms with Crippen LogP contribution >= 0.6 is 0 Å². The number of hydrogen-bond acceptors (Lipinski definition) is 4. The third-order valence-electron chi connectivity index (χ3n) is 2.78. The second kappa shape index (κ2) is 4.02. The van der Waals surface area contributed by atoms with Gasteiger partial charge in [0.05, 0.1) is 23.9 Å². The van der Waals surface area contributed by atoms with Gasteiger partial charge in [-0.2, -0.15) is 0 Å². The molecule has 0 spiro atoms. The lowest BCUT2D eigenvalue weighted by Gasteiger charge is -2.34. The molecular weight excluding hydrogens is 210 g/mol. The summed E-state index contributed by atoms with van der Waals surface area (Å²) in [6.45, 7) is 0.375. The first kappa shape index (κ1) is 10.8. The number of ether oxygens (including phenoxy) is 1. The molecule has 86 valence electrons. The third kappa shape index (κ3) is 1.69. The van der Waals surface area contributed by atoms with Crippen LogP contribution in [-0.4, -0.2) is 42.5 Å². The van der Waals surface area contributed by atoms with Gasteiger partial charge in [0.15, 0.2) is 0 Å². The Morgan fingerprint density at radius 3 is 3.00 bits per heavy atom. The van der Waals surface area contributed by atoms with Gasteiger partial charge >= 0.3 is 5.97 Å². The molecule has 1 atom stereocenters. The van der Waals surface area contributed by atoms with Gasteiger partial charge in [-0.1, -0.05) is 0 Å². The zero-order valence-electron chi connectivity index (χ0n) is 8.88. The molecule has 0 saturated heterocycles. The molecule has 2 rings (SSSR count). The number of fused-ring (bicyclic) bond motifs is 1. The number of carboxylic acid groups (broad SMARTS) is 1. The monoisotopic (exact) mass is 223 g/mol. The first-order chi connectivity index (χ1) is 7.63. The highest BCUT2D eigenvalue weighted by atomic mass is 16.5. The highest BCUT2D eigenvalue weighted by molar-refractivity contribution is 5.89. The predicted molar refractivity (Wildman–Crippen MR) is 58.2 cm³/mol. The Bertz CT molecular complexity index is 418. The molecular formula is C11H13NO4. The SMILES string of the molecule is CN1c2ccc(C(=O)O)cc2OCC1CO. The minimum atomic E-state index is -0.974. The summed E-state index contributed by atoms with van der Waals surface area (Å²) >= 11 is 0. The molecule has 1 heterocycles. The quantitative estimate of drug-likeness (QED) is 0.767. The highest BCUT2D eigenvalue weighted by Crippen LogP contribution is 2.33. The number of likely N-dealkylation sites (N-methyl/N-ethyl adjacent to an activating group) is 1. The highest BCUT2D eigenvalue weighted by Gasteiger charge is 2.24. The van der Waals surface area contributed by atoms with Gasteiger partial charge in [0.2, 0.25) is 0 Å². The fraction of sp³-hybridized carbons (Fsp3) is 0.364. The number of carbonyl (C=O) groups is 1. The summed E-state index contributed by atoms with van der Waals surface area (Å²) in [5.74, 6) is -0.426. The Morgan fingerprint density at radius 1 is 1.62 bits per heavy atom. The number of aliphatic hydroxyl groups is 1. The molecule has 16 heavy (non-hydrogen) atoms. The van der Waals surface area contributed by atoms with E-state index in [1.807, 2.05) is 11.9 Å². The number of aliphatic hydroxyl groups excluding tert-OH is 1. The minimum absolute atomic E-state index is 0.0105. The minimum Gasteiger partial charge on any atom is -0.489 e. The lowest BCUT2D eigenvalue weighted by molar-refractivity contribution is 0.0696. The summed E-state index contributed by atoms with van der Waals surface area (Å²) in [5, 5.41) is 18.0. The summed E-state index contributed by atoms with van der Waals surface area (Å²) in [6, 6.07) is 4.64. The Kier molecular flexibility index (Phi) is 2.70. The Hall–Kier alpha value is -1.75. The number of nitrogens with zero attached hydrogens (tertiary/aromatic N) is 1. The van der Waals surface area contributed by atoms with E-state index in [1.165, 1.54) is 12.1 Å². The zero-order valence-corrected chi connectivity index (χ0v) is 8.88. The molecule has 1 aliphatic heterocycles. The van der Waals surface area contributed by atoms with Crippen molar-refractivity contribution in [3.05, 3.63) is 23.8 Å². The van der Waals surface area contributed by atoms with Crippen molar-refractivity contribution in [3.8, 4) is 5.75 Å². The molecule has 0 amide bonds. The van der Waals surface area contributed by atoms with Gasteiger partial charge in [0, 0.05) is 7.05 Å². The normalized spacial score (nSPS) is 18.9. The molecule has 1 aromatic rings. The lowest BCUT2D eigenvalue weighted by atomic mass is 10.1. The van der Waals surface area contributed by atoms with Crippen LogP contribution in [0.4, 0.5) is 5.69 Å². The number of aromatic carboxylic acids is 1. The van der Waals surface area contributed by atoms with Crippen molar-refractivity contribution in [1.82, 2.24) is 0 Å². The number of carboxylic acids is 1. The molecule has 0 radical (unpaired) electrons. The first-order valence-electron chi connectivity index (χ1n) is 4.97. The van der Waals surface area contributed by atoms with E-state index in [4.69, 9.17) is 14.9 Å². The van der Waals surface area contributed by atoms with Crippen LogP contribution < -0.4 is 9.64 Å². The Morgan fingerprint density at radius 2 is 2.38 bits per heavy atom. The van der Waals surface area contributed by atoms with Crippen LogP contribution in [0.25, 0.3) is 0 Å². The molecule has 0 bridgehead atoms. The van der Waals surface area contributed by atoms with Crippen LogP contribution in [0.5, 0.6) is 5.75 Å². The van der Waals surface area contributed by atoms with Crippen LogP contribution in [0.3, 0.4) is 0 Å². The van der Waals surface area contributed by atoms with Crippen molar-refractivity contribution in [1.29, 1.82) is 0 Å². The fourth-order valence-electron chi connectivity index (χ4n) is 1.72. The van der Waals surface area contributed by atoms with Gasteiger partial charge in [0.1, 0.15) is 12.4 Å². The number of rotatable bonds is 2. The molecule has 5 heteroatoms. The van der Waals surface area contributed by atoms with E-state index in [9.17, 15) is 4.79 Å². The van der Waals surface area contributed by atoms with Gasteiger partial charge in [-0.05, 0) is 18.2 Å². The van der Waals surface area contributed by atoms with Crippen LogP contribution in [-0.2, 0) is 0 Å². The maximum Gasteiger partial charge on any atom is 0.335 e. The molecule has 1 aromatic carbocycles. The number of hydrogen-bond donors (Lipinski definition) is 2. The van der Waals surface area contributed by atoms with E-state index < -0.39 is 5.97 Å². The zero-order chi connectivity index (χ0) is 11.7. The standard InChI is InChI=1S/C11H13NO4/c1-12-8(5-13)6-16-10-4-7(11(14)15)2-3-9(10)12/h2-4,8,13H,5-6H2,1H3,(H,14,15). The van der Waals surface area contributed by atoms with Crippen LogP contribution in [0, 0.1) is 0 Å². The second-order valence-electron chi connectivity index (χ2n) is 3.75. The molecule has 0 saturated carbocycles. The summed E-state index contributed by atoms with van der Waals surface area (Å²) in [4.78, 5) is 12.7. The Labute approximate surface area is 92.9 Å². The number of anilines is 1. The summed E-state index contributed by atoms with van der Waals surface area (Å²) in [7, 11) is 1.85. The van der Waals surface area contributed by atoms with Crippen LogP contribution in [0.1, 0.15) is 10.4 Å². The molecule has 0 fully saturated rings. The Balaban J connectivity index is 2.37. The molecule has 2 N–H and O–H groups in total. The van der Waals surface area contributed by atoms with Crippen molar-refractivity contribution < 1.29 is 19.7 Å². The third-order valence-corrected chi connectivity index (χ3v) is 2.78. The van der Waals surface area contributed by atoms with Gasteiger partial charge in [-0.15, -0.1) is 0 Å². The van der Waals surface area contributed by atoms with Crippen molar-refractivity contribution >= 4 is 11.7 Å². The largest absolute Gasteiger partial charge is 0.489 e. The number of benzene rings is 1. The van der Waals surface area contributed by atoms with Crippen molar-refractivity contribution in [2.75, 3.05) is 25.2 Å². The van der Waals surface area contributed by atoms with Gasteiger partial charge in [-0.25, -0.2) is 4.79 Å². The van der Waals surface area contributed by atoms with Crippen LogP contribution in [0.2, 0.25) is 0 Å². The summed E-state index contributed by atoms with van der Waals surface area (Å²) in [5.41, 5.74) is 1.00. The smallest absolute Gasteiger partial charge is 0.335 e. The summed E-state index contributed by atoms with van der Waals surface area (Å²) < 4.78 is 5.42. The van der Waals surface area contributed by atoms with Crippen molar-refractivity contribution in [2.45, 2.75) is 6.04 Å². The molecule has 1 unspecified atom stereocenters. The van der Waals surface area contributed by atoms with E-state index in [1.54, 1.807) is 6.07 Å². The van der Waals surface area contributed by atoms with Crippen LogP contribution in [0.15, 0.2) is 18.2 Å². The topological polar surface area (TPSA) is 70.0 Å². The molecule has 5 nitrogen and oxygen atoms in total. The van der Waals surface area contributed by atoms with Gasteiger partial charge in [-0.3, -0.25) is 0 Å². The van der Waals surface area contributed by atoms with Crippen molar-refractivity contribution in [3.63, 3.8) is 0 Å². The lowest BCUT2D eigenvalue weighted by Crippen LogP contribution is -2.42. The molecule has 1 aliphatic rings. The molecule has 0 aliphatic carbocycles. The summed E-state index contributed by atoms with van der Waals surface area (Å²) in [6.07, 6.45) is 0. The fourth-order valence-corrected chi connectivity index (χ4v) is 1.72.